The van der Waals surface area contributed by atoms with Crippen LogP contribution in [0, 0.1) is 12.3 Å². The summed E-state index contributed by atoms with van der Waals surface area (Å²) in [6.45, 7) is 0. The molecule has 1 saturated carbocycles. The summed E-state index contributed by atoms with van der Waals surface area (Å²) >= 11 is 1.34. The summed E-state index contributed by atoms with van der Waals surface area (Å²) < 4.78 is 7.66. The molecule has 1 aliphatic carbocycles. The van der Waals surface area contributed by atoms with Gasteiger partial charge in [-0.2, -0.15) is 0 Å². The number of amides is 1. The minimum Gasteiger partial charge on any atom is -0.442 e. The Morgan fingerprint density at radius 1 is 1.17 bits per heavy atom. The zero-order chi connectivity index (χ0) is 24.5. The van der Waals surface area contributed by atoms with E-state index in [9.17, 15) is 4.79 Å². The predicted octanol–water partition coefficient (Wildman–Crippen LogP) is 5.10. The number of fused-ring (bicyclic) bond motifs is 1. The van der Waals surface area contributed by atoms with Crippen molar-refractivity contribution in [1.29, 1.82) is 0 Å². The lowest BCUT2D eigenvalue weighted by Crippen LogP contribution is -2.38. The molecule has 0 aromatic carbocycles. The van der Waals surface area contributed by atoms with Gasteiger partial charge in [-0.05, 0) is 56.0 Å². The van der Waals surface area contributed by atoms with Crippen molar-refractivity contribution in [2.24, 2.45) is 0 Å². The average Bonchev–Trinajstić information content (AvgIpc) is 3.68. The number of oxazole rings is 1. The third kappa shape index (κ3) is 4.16. The summed E-state index contributed by atoms with van der Waals surface area (Å²) in [6.07, 6.45) is 15.8. The van der Waals surface area contributed by atoms with Gasteiger partial charge in [0.2, 0.25) is 0 Å². The van der Waals surface area contributed by atoms with Crippen LogP contribution in [0.3, 0.4) is 0 Å². The molecule has 2 unspecified atom stereocenters. The molecule has 5 heterocycles. The molecule has 5 aromatic rings. The highest BCUT2D eigenvalue weighted by Gasteiger charge is 2.29. The van der Waals surface area contributed by atoms with Crippen LogP contribution in [-0.4, -0.2) is 36.5 Å². The van der Waals surface area contributed by atoms with Crippen molar-refractivity contribution in [3.8, 4) is 35.3 Å². The Balaban J connectivity index is 1.34. The number of carbonyl (C=O) groups excluding carboxylic acids is 1. The number of hydrogen-bond donors (Lipinski definition) is 1. The fraction of sp³-hybridized carbons (Fsp3) is 0.222. The number of hydrogen-bond acceptors (Lipinski definition) is 7. The molecule has 0 bridgehead atoms. The molecule has 8 nitrogen and oxygen atoms in total. The van der Waals surface area contributed by atoms with Crippen molar-refractivity contribution in [2.75, 3.05) is 0 Å². The summed E-state index contributed by atoms with van der Waals surface area (Å²) in [7, 11) is 0. The molecule has 9 heteroatoms. The van der Waals surface area contributed by atoms with E-state index in [1.165, 1.54) is 17.7 Å². The van der Waals surface area contributed by atoms with Gasteiger partial charge >= 0.3 is 0 Å². The molecule has 1 aliphatic rings. The van der Waals surface area contributed by atoms with Crippen LogP contribution < -0.4 is 5.32 Å². The number of nitrogens with one attached hydrogen (secondary N) is 1. The highest BCUT2D eigenvalue weighted by atomic mass is 32.1. The molecule has 178 valence electrons. The Morgan fingerprint density at radius 2 is 2.11 bits per heavy atom. The first kappa shape index (κ1) is 22.2. The monoisotopic (exact) mass is 494 g/mol. The molecular weight excluding hydrogens is 472 g/mol. The first-order valence-electron chi connectivity index (χ1n) is 11.7. The molecule has 0 aliphatic heterocycles. The molecular formula is C27H22N6O2S. The van der Waals surface area contributed by atoms with Crippen LogP contribution in [0.1, 0.15) is 46.3 Å². The van der Waals surface area contributed by atoms with E-state index in [0.717, 1.165) is 53.1 Å². The lowest BCUT2D eigenvalue weighted by molar-refractivity contribution is 0.0925. The lowest BCUT2D eigenvalue weighted by Gasteiger charge is -2.31. The van der Waals surface area contributed by atoms with Crippen LogP contribution in [0.15, 0.2) is 65.8 Å². The van der Waals surface area contributed by atoms with Crippen molar-refractivity contribution in [3.05, 3.63) is 71.1 Å². The fourth-order valence-corrected chi connectivity index (χ4v) is 5.56. The van der Waals surface area contributed by atoms with Gasteiger partial charge in [0.05, 0.1) is 33.2 Å². The Hall–Kier alpha value is -4.29. The normalized spacial score (nSPS) is 17.6. The van der Waals surface area contributed by atoms with E-state index in [2.05, 4.69) is 30.8 Å². The molecule has 5 aromatic heterocycles. The van der Waals surface area contributed by atoms with Gasteiger partial charge in [0.15, 0.2) is 18.0 Å². The Kier molecular flexibility index (Phi) is 5.79. The number of rotatable bonds is 5. The number of aromatic nitrogens is 5. The standard InChI is InChI=1S/C27H22N6O2S/c1-2-19-9-10-25(36-19)27(34)31-17-6-5-7-18(12-17)33-23-14-30-22(24-15-28-16-35-24)13-21(23)32-26(33)20-8-3-4-11-29-20/h1,3-4,8-11,13-18H,5-7,12H2,(H,31,34). The summed E-state index contributed by atoms with van der Waals surface area (Å²) in [5, 5.41) is 3.22. The largest absolute Gasteiger partial charge is 0.442 e. The quantitative estimate of drug-likeness (QED) is 0.341. The second-order valence-corrected chi connectivity index (χ2v) is 9.83. The second-order valence-electron chi connectivity index (χ2n) is 8.74. The molecule has 2 atom stereocenters. The summed E-state index contributed by atoms with van der Waals surface area (Å²) in [4.78, 5) is 32.4. The van der Waals surface area contributed by atoms with Gasteiger partial charge in [0, 0.05) is 18.3 Å². The van der Waals surface area contributed by atoms with E-state index >= 15 is 0 Å². The number of terminal acetylenes is 1. The van der Waals surface area contributed by atoms with E-state index < -0.39 is 0 Å². The third-order valence-corrected chi connectivity index (χ3v) is 7.49. The maximum Gasteiger partial charge on any atom is 0.261 e. The second kappa shape index (κ2) is 9.40. The highest BCUT2D eigenvalue weighted by molar-refractivity contribution is 7.14. The highest BCUT2D eigenvalue weighted by Crippen LogP contribution is 2.36. The molecule has 1 amide bonds. The minimum atomic E-state index is -0.0778. The Labute approximate surface area is 211 Å². The van der Waals surface area contributed by atoms with Crippen LogP contribution in [0.5, 0.6) is 0 Å². The molecule has 1 N–H and O–H groups in total. The number of carbonyl (C=O) groups is 1. The minimum absolute atomic E-state index is 0.0445. The van der Waals surface area contributed by atoms with E-state index in [0.29, 0.717) is 16.3 Å². The van der Waals surface area contributed by atoms with Crippen molar-refractivity contribution in [2.45, 2.75) is 37.8 Å². The van der Waals surface area contributed by atoms with Gasteiger partial charge in [-0.1, -0.05) is 12.0 Å². The smallest absolute Gasteiger partial charge is 0.261 e. The van der Waals surface area contributed by atoms with Gasteiger partial charge < -0.3 is 14.3 Å². The van der Waals surface area contributed by atoms with Crippen molar-refractivity contribution in [1.82, 2.24) is 29.8 Å². The summed E-state index contributed by atoms with van der Waals surface area (Å²) in [6, 6.07) is 11.5. The van der Waals surface area contributed by atoms with E-state index in [1.54, 1.807) is 24.5 Å². The maximum atomic E-state index is 12.9. The maximum absolute atomic E-state index is 12.9. The van der Waals surface area contributed by atoms with Gasteiger partial charge in [-0.15, -0.1) is 17.8 Å². The van der Waals surface area contributed by atoms with Crippen molar-refractivity contribution >= 4 is 28.3 Å². The van der Waals surface area contributed by atoms with Crippen molar-refractivity contribution < 1.29 is 9.21 Å². The number of pyridine rings is 2. The lowest BCUT2D eigenvalue weighted by atomic mass is 9.90. The van der Waals surface area contributed by atoms with E-state index in [-0.39, 0.29) is 18.0 Å². The first-order valence-corrected chi connectivity index (χ1v) is 12.6. The predicted molar refractivity (Wildman–Crippen MR) is 137 cm³/mol. The third-order valence-electron chi connectivity index (χ3n) is 6.47. The average molecular weight is 495 g/mol. The van der Waals surface area contributed by atoms with Gasteiger partial charge in [0.25, 0.3) is 5.91 Å². The Morgan fingerprint density at radius 3 is 2.89 bits per heavy atom. The van der Waals surface area contributed by atoms with E-state index in [4.69, 9.17) is 15.8 Å². The van der Waals surface area contributed by atoms with E-state index in [1.807, 2.05) is 30.5 Å². The number of nitrogens with zero attached hydrogens (tertiary/aromatic N) is 5. The van der Waals surface area contributed by atoms with Gasteiger partial charge in [0.1, 0.15) is 11.4 Å². The summed E-state index contributed by atoms with van der Waals surface area (Å²) in [5.41, 5.74) is 3.20. The van der Waals surface area contributed by atoms with Crippen LogP contribution in [0.2, 0.25) is 0 Å². The van der Waals surface area contributed by atoms with Crippen LogP contribution >= 0.6 is 11.3 Å². The van der Waals surface area contributed by atoms with Crippen LogP contribution in [0.4, 0.5) is 0 Å². The molecule has 0 spiro atoms. The molecule has 6 rings (SSSR count). The zero-order valence-corrected chi connectivity index (χ0v) is 20.1. The summed E-state index contributed by atoms with van der Waals surface area (Å²) in [5.74, 6) is 3.89. The first-order chi connectivity index (χ1) is 17.7. The van der Waals surface area contributed by atoms with Crippen LogP contribution in [-0.2, 0) is 0 Å². The Bertz CT molecular complexity index is 1570. The molecule has 1 fully saturated rings. The topological polar surface area (TPSA) is 98.7 Å². The fourth-order valence-electron chi connectivity index (χ4n) is 4.84. The number of thiophene rings is 1. The van der Waals surface area contributed by atoms with Crippen LogP contribution in [0.25, 0.3) is 34.0 Å². The molecule has 36 heavy (non-hydrogen) atoms. The van der Waals surface area contributed by atoms with Crippen molar-refractivity contribution in [3.63, 3.8) is 0 Å². The van der Waals surface area contributed by atoms with Gasteiger partial charge in [-0.3, -0.25) is 14.8 Å². The SMILES string of the molecule is C#Cc1ccc(C(=O)NC2CCCC(n3c(-c4ccccn4)nc4cc(-c5cnco5)ncc43)C2)s1. The number of imidazole rings is 1. The zero-order valence-electron chi connectivity index (χ0n) is 19.3. The molecule has 0 radical (unpaired) electrons. The van der Waals surface area contributed by atoms with Gasteiger partial charge in [-0.25, -0.2) is 9.97 Å². The molecule has 0 saturated heterocycles.